The van der Waals surface area contributed by atoms with E-state index in [4.69, 9.17) is 21.7 Å². The minimum atomic E-state index is 0.144. The van der Waals surface area contributed by atoms with Gasteiger partial charge in [-0.3, -0.25) is 0 Å². The quantitative estimate of drug-likeness (QED) is 0.502. The van der Waals surface area contributed by atoms with Crippen LogP contribution in [0.1, 0.15) is 25.2 Å². The molecule has 134 valence electrons. The first-order valence-corrected chi connectivity index (χ1v) is 8.68. The van der Waals surface area contributed by atoms with E-state index in [1.807, 2.05) is 68.4 Å². The second-order valence-corrected chi connectivity index (χ2v) is 6.23. The molecule has 0 aliphatic carbocycles. The predicted octanol–water partition coefficient (Wildman–Crippen LogP) is 4.19. The van der Waals surface area contributed by atoms with Crippen molar-refractivity contribution in [2.45, 2.75) is 26.6 Å². The molecule has 0 fully saturated rings. The number of rotatable bonds is 7. The van der Waals surface area contributed by atoms with Crippen molar-refractivity contribution < 1.29 is 9.47 Å². The molecule has 0 saturated heterocycles. The van der Waals surface area contributed by atoms with Gasteiger partial charge in [0.15, 0.2) is 5.82 Å². The summed E-state index contributed by atoms with van der Waals surface area (Å²) >= 11 is 5.24. The standard InChI is InChI=1S/C19H20N4O2S/c1-14(2)25-17-10-8-15(9-11-17)12-20-23-18(21-22-19(23)26)13-24-16-6-4-3-5-7-16/h3-12,14H,13H2,1-2H3,(H,22,26)/b20-12-. The molecule has 0 atom stereocenters. The SMILES string of the molecule is CC(C)Oc1ccc(/C=N\n2c(COc3ccccc3)n[nH]c2=S)cc1. The van der Waals surface area contributed by atoms with E-state index in [0.29, 0.717) is 10.6 Å². The van der Waals surface area contributed by atoms with Crippen LogP contribution < -0.4 is 9.47 Å². The van der Waals surface area contributed by atoms with Crippen LogP contribution in [0.15, 0.2) is 59.7 Å². The molecule has 6 nitrogen and oxygen atoms in total. The van der Waals surface area contributed by atoms with E-state index in [1.54, 1.807) is 10.9 Å². The molecule has 7 heteroatoms. The number of benzene rings is 2. The van der Waals surface area contributed by atoms with E-state index in [2.05, 4.69) is 15.3 Å². The number of hydrogen-bond donors (Lipinski definition) is 1. The van der Waals surface area contributed by atoms with Gasteiger partial charge < -0.3 is 9.47 Å². The van der Waals surface area contributed by atoms with E-state index in [9.17, 15) is 0 Å². The molecule has 1 N–H and O–H groups in total. The Kier molecular flexibility index (Phi) is 5.80. The van der Waals surface area contributed by atoms with Crippen LogP contribution in [0, 0.1) is 4.77 Å². The first-order valence-electron chi connectivity index (χ1n) is 8.27. The van der Waals surface area contributed by atoms with Gasteiger partial charge in [-0.15, -0.1) is 0 Å². The van der Waals surface area contributed by atoms with Crippen molar-refractivity contribution in [2.75, 3.05) is 0 Å². The van der Waals surface area contributed by atoms with Crippen molar-refractivity contribution in [1.82, 2.24) is 14.9 Å². The zero-order valence-electron chi connectivity index (χ0n) is 14.6. The Balaban J connectivity index is 1.70. The molecule has 0 radical (unpaired) electrons. The molecule has 0 bridgehead atoms. The van der Waals surface area contributed by atoms with Crippen molar-refractivity contribution in [1.29, 1.82) is 0 Å². The summed E-state index contributed by atoms with van der Waals surface area (Å²) in [5.74, 6) is 2.18. The monoisotopic (exact) mass is 368 g/mol. The summed E-state index contributed by atoms with van der Waals surface area (Å²) < 4.78 is 13.3. The number of nitrogens with zero attached hydrogens (tertiary/aromatic N) is 3. The average Bonchev–Trinajstić information content (AvgIpc) is 2.99. The van der Waals surface area contributed by atoms with Crippen LogP contribution in [-0.2, 0) is 6.61 Å². The van der Waals surface area contributed by atoms with Crippen LogP contribution in [0.25, 0.3) is 0 Å². The Hall–Kier alpha value is -2.93. The van der Waals surface area contributed by atoms with Crippen molar-refractivity contribution in [2.24, 2.45) is 5.10 Å². The summed E-state index contributed by atoms with van der Waals surface area (Å²) in [7, 11) is 0. The van der Waals surface area contributed by atoms with Gasteiger partial charge in [0.2, 0.25) is 4.77 Å². The minimum absolute atomic E-state index is 0.144. The van der Waals surface area contributed by atoms with Gasteiger partial charge >= 0.3 is 0 Å². The largest absolute Gasteiger partial charge is 0.491 e. The van der Waals surface area contributed by atoms with Gasteiger partial charge in [0.1, 0.15) is 18.1 Å². The number of hydrogen-bond acceptors (Lipinski definition) is 5. The summed E-state index contributed by atoms with van der Waals surface area (Å²) in [6.07, 6.45) is 1.86. The Morgan fingerprint density at radius 1 is 1.12 bits per heavy atom. The number of para-hydroxylation sites is 1. The molecule has 0 unspecified atom stereocenters. The molecule has 2 aromatic carbocycles. The highest BCUT2D eigenvalue weighted by Crippen LogP contribution is 2.13. The van der Waals surface area contributed by atoms with Crippen molar-refractivity contribution in [3.05, 3.63) is 70.8 Å². The Morgan fingerprint density at radius 3 is 2.54 bits per heavy atom. The van der Waals surface area contributed by atoms with Crippen LogP contribution >= 0.6 is 12.2 Å². The zero-order chi connectivity index (χ0) is 18.4. The highest BCUT2D eigenvalue weighted by atomic mass is 32.1. The lowest BCUT2D eigenvalue weighted by molar-refractivity contribution is 0.242. The molecule has 3 rings (SSSR count). The van der Waals surface area contributed by atoms with Crippen LogP contribution in [0.3, 0.4) is 0 Å². The summed E-state index contributed by atoms with van der Waals surface area (Å²) in [6.45, 7) is 4.25. The fourth-order valence-electron chi connectivity index (χ4n) is 2.23. The van der Waals surface area contributed by atoms with Crippen LogP contribution in [0.4, 0.5) is 0 Å². The lowest BCUT2D eigenvalue weighted by atomic mass is 10.2. The van der Waals surface area contributed by atoms with Gasteiger partial charge in [-0.2, -0.15) is 14.9 Å². The topological polar surface area (TPSA) is 64.4 Å². The van der Waals surface area contributed by atoms with Crippen molar-refractivity contribution >= 4 is 18.4 Å². The minimum Gasteiger partial charge on any atom is -0.491 e. The van der Waals surface area contributed by atoms with E-state index >= 15 is 0 Å². The first kappa shape index (κ1) is 17.9. The number of nitrogens with one attached hydrogen (secondary N) is 1. The molecule has 1 aromatic heterocycles. The van der Waals surface area contributed by atoms with Crippen LogP contribution in [0.5, 0.6) is 11.5 Å². The maximum atomic E-state index is 5.71. The first-order chi connectivity index (χ1) is 12.6. The predicted molar refractivity (Wildman–Crippen MR) is 103 cm³/mol. The number of aromatic amines is 1. The third-order valence-electron chi connectivity index (χ3n) is 3.40. The summed E-state index contributed by atoms with van der Waals surface area (Å²) in [4.78, 5) is 0. The third kappa shape index (κ3) is 4.80. The highest BCUT2D eigenvalue weighted by Gasteiger charge is 2.06. The zero-order valence-corrected chi connectivity index (χ0v) is 15.4. The lowest BCUT2D eigenvalue weighted by Crippen LogP contribution is -2.05. The summed E-state index contributed by atoms with van der Waals surface area (Å²) in [5.41, 5.74) is 0.930. The normalized spacial score (nSPS) is 11.2. The molecular formula is C19H20N4O2S. The Bertz CT molecular complexity index is 915. The molecule has 0 saturated carbocycles. The molecule has 26 heavy (non-hydrogen) atoms. The summed E-state index contributed by atoms with van der Waals surface area (Å²) in [6, 6.07) is 17.2. The number of aromatic nitrogens is 3. The fraction of sp³-hybridized carbons (Fsp3) is 0.211. The van der Waals surface area contributed by atoms with E-state index in [1.165, 1.54) is 0 Å². The smallest absolute Gasteiger partial charge is 0.216 e. The molecule has 0 amide bonds. The second kappa shape index (κ2) is 8.44. The van der Waals surface area contributed by atoms with E-state index in [0.717, 1.165) is 17.1 Å². The Labute approximate surface area is 157 Å². The Morgan fingerprint density at radius 2 is 1.85 bits per heavy atom. The molecule has 0 aliphatic heterocycles. The summed E-state index contributed by atoms with van der Waals surface area (Å²) in [5, 5.41) is 11.3. The van der Waals surface area contributed by atoms with Gasteiger partial charge in [-0.25, -0.2) is 5.10 Å². The van der Waals surface area contributed by atoms with Gasteiger partial charge in [-0.05, 0) is 68.0 Å². The van der Waals surface area contributed by atoms with Crippen LogP contribution in [-0.4, -0.2) is 27.2 Å². The maximum absolute atomic E-state index is 5.71. The van der Waals surface area contributed by atoms with Gasteiger partial charge in [-0.1, -0.05) is 18.2 Å². The van der Waals surface area contributed by atoms with Crippen LogP contribution in [0.2, 0.25) is 0 Å². The lowest BCUT2D eigenvalue weighted by Gasteiger charge is -2.09. The molecule has 0 aliphatic rings. The van der Waals surface area contributed by atoms with E-state index < -0.39 is 0 Å². The van der Waals surface area contributed by atoms with Crippen molar-refractivity contribution in [3.63, 3.8) is 0 Å². The number of H-pyrrole nitrogens is 1. The average molecular weight is 368 g/mol. The van der Waals surface area contributed by atoms with Gasteiger partial charge in [0.05, 0.1) is 12.3 Å². The van der Waals surface area contributed by atoms with Gasteiger partial charge in [0, 0.05) is 0 Å². The molecule has 0 spiro atoms. The maximum Gasteiger partial charge on any atom is 0.216 e. The second-order valence-electron chi connectivity index (χ2n) is 5.84. The van der Waals surface area contributed by atoms with E-state index in [-0.39, 0.29) is 12.7 Å². The number of ether oxygens (including phenoxy) is 2. The molecular weight excluding hydrogens is 348 g/mol. The highest BCUT2D eigenvalue weighted by molar-refractivity contribution is 7.71. The van der Waals surface area contributed by atoms with Crippen molar-refractivity contribution in [3.8, 4) is 11.5 Å². The fourth-order valence-corrected chi connectivity index (χ4v) is 2.43. The third-order valence-corrected chi connectivity index (χ3v) is 3.67. The van der Waals surface area contributed by atoms with Gasteiger partial charge in [0.25, 0.3) is 0 Å². The molecule has 3 aromatic rings. The molecule has 1 heterocycles.